The van der Waals surface area contributed by atoms with E-state index in [0.717, 1.165) is 57.9 Å². The van der Waals surface area contributed by atoms with Crippen molar-refractivity contribution in [2.24, 2.45) is 4.99 Å². The molecule has 0 aliphatic carbocycles. The molecule has 0 aromatic rings. The van der Waals surface area contributed by atoms with E-state index in [1.807, 2.05) is 20.8 Å². The number of guanidine groups is 1. The van der Waals surface area contributed by atoms with Crippen molar-refractivity contribution in [2.45, 2.75) is 71.1 Å². The number of methoxy groups -OCH3 is 1. The summed E-state index contributed by atoms with van der Waals surface area (Å²) in [6.45, 7) is 12.2. The number of piperidine rings is 1. The van der Waals surface area contributed by atoms with E-state index in [2.05, 4.69) is 32.8 Å². The van der Waals surface area contributed by atoms with Crippen LogP contribution in [0.5, 0.6) is 0 Å². The topological polar surface area (TPSA) is 87.2 Å². The molecule has 172 valence electrons. The summed E-state index contributed by atoms with van der Waals surface area (Å²) in [4.78, 5) is 18.8. The number of nitrogens with one attached hydrogen (secondary N) is 3. The van der Waals surface area contributed by atoms with Crippen LogP contribution in [-0.2, 0) is 9.47 Å². The minimum Gasteiger partial charge on any atom is -0.444 e. The highest BCUT2D eigenvalue weighted by atomic mass is 127. The van der Waals surface area contributed by atoms with E-state index in [9.17, 15) is 4.79 Å². The summed E-state index contributed by atoms with van der Waals surface area (Å²) < 4.78 is 10.5. The summed E-state index contributed by atoms with van der Waals surface area (Å²) in [5.41, 5.74) is -0.496. The maximum atomic E-state index is 12.1. The average molecular weight is 527 g/mol. The number of alkyl carbamates (subject to hydrolysis) is 1. The molecule has 1 heterocycles. The molecule has 1 aliphatic rings. The number of hydrogen-bond acceptors (Lipinski definition) is 5. The van der Waals surface area contributed by atoms with Gasteiger partial charge in [0.25, 0.3) is 0 Å². The van der Waals surface area contributed by atoms with Gasteiger partial charge >= 0.3 is 6.09 Å². The molecule has 3 N–H and O–H groups in total. The second-order valence-corrected chi connectivity index (χ2v) is 8.34. The van der Waals surface area contributed by atoms with Crippen LogP contribution in [0.25, 0.3) is 0 Å². The lowest BCUT2D eigenvalue weighted by atomic mass is 10.1. The van der Waals surface area contributed by atoms with E-state index < -0.39 is 5.60 Å². The molecule has 29 heavy (non-hydrogen) atoms. The van der Waals surface area contributed by atoms with Gasteiger partial charge in [0.2, 0.25) is 0 Å². The fourth-order valence-corrected chi connectivity index (χ4v) is 3.18. The van der Waals surface area contributed by atoms with Gasteiger partial charge in [-0.25, -0.2) is 4.79 Å². The van der Waals surface area contributed by atoms with E-state index in [-0.39, 0.29) is 36.1 Å². The van der Waals surface area contributed by atoms with Gasteiger partial charge in [-0.1, -0.05) is 13.3 Å². The Kier molecular flexibility index (Phi) is 14.6. The van der Waals surface area contributed by atoms with Crippen molar-refractivity contribution in [3.05, 3.63) is 0 Å². The fraction of sp³-hybridized carbons (Fsp3) is 0.900. The van der Waals surface area contributed by atoms with E-state index in [4.69, 9.17) is 9.47 Å². The third kappa shape index (κ3) is 13.2. The molecule has 1 rings (SSSR count). The minimum atomic E-state index is -0.496. The molecular formula is C20H42IN5O3. The van der Waals surface area contributed by atoms with Crippen molar-refractivity contribution in [2.75, 3.05) is 46.9 Å². The molecule has 1 amide bonds. The number of amides is 1. The van der Waals surface area contributed by atoms with Crippen molar-refractivity contribution >= 4 is 36.0 Å². The molecule has 0 bridgehead atoms. The normalized spacial score (nSPS) is 17.2. The highest BCUT2D eigenvalue weighted by molar-refractivity contribution is 14.0. The summed E-state index contributed by atoms with van der Waals surface area (Å²) in [7, 11) is 3.52. The lowest BCUT2D eigenvalue weighted by molar-refractivity contribution is 0.0502. The number of carbonyl (C=O) groups is 1. The van der Waals surface area contributed by atoms with Gasteiger partial charge in [-0.05, 0) is 40.0 Å². The van der Waals surface area contributed by atoms with Gasteiger partial charge in [0, 0.05) is 52.4 Å². The quantitative estimate of drug-likeness (QED) is 0.243. The van der Waals surface area contributed by atoms with Crippen molar-refractivity contribution in [1.29, 1.82) is 0 Å². The van der Waals surface area contributed by atoms with Gasteiger partial charge in [0.1, 0.15) is 5.60 Å². The molecule has 0 spiro atoms. The maximum absolute atomic E-state index is 12.1. The Bertz CT molecular complexity index is 477. The zero-order valence-corrected chi connectivity index (χ0v) is 21.4. The van der Waals surface area contributed by atoms with Crippen LogP contribution in [0.4, 0.5) is 4.79 Å². The highest BCUT2D eigenvalue weighted by Gasteiger charge is 2.21. The number of nitrogens with zero attached hydrogens (tertiary/aromatic N) is 2. The van der Waals surface area contributed by atoms with Crippen LogP contribution < -0.4 is 16.0 Å². The second kappa shape index (κ2) is 15.1. The summed E-state index contributed by atoms with van der Waals surface area (Å²) in [6, 6.07) is 0.405. The number of ether oxygens (including phenoxy) is 2. The second-order valence-electron chi connectivity index (χ2n) is 8.34. The number of hydrogen-bond donors (Lipinski definition) is 3. The Hall–Kier alpha value is -0.810. The van der Waals surface area contributed by atoms with Crippen molar-refractivity contribution in [3.8, 4) is 0 Å². The van der Waals surface area contributed by atoms with Crippen LogP contribution >= 0.6 is 24.0 Å². The van der Waals surface area contributed by atoms with Crippen LogP contribution in [0.3, 0.4) is 0 Å². The van der Waals surface area contributed by atoms with Crippen LogP contribution in [0, 0.1) is 0 Å². The zero-order chi connectivity index (χ0) is 21.0. The first-order valence-corrected chi connectivity index (χ1v) is 10.4. The minimum absolute atomic E-state index is 0. The summed E-state index contributed by atoms with van der Waals surface area (Å²) >= 11 is 0. The number of halogens is 1. The van der Waals surface area contributed by atoms with Gasteiger partial charge in [-0.3, -0.25) is 4.99 Å². The van der Waals surface area contributed by atoms with Gasteiger partial charge in [0.05, 0.1) is 6.61 Å². The van der Waals surface area contributed by atoms with Gasteiger partial charge in [0.15, 0.2) is 5.96 Å². The standard InChI is InChI=1S/C20H41N5O3.HI/c1-7-8-17(24-19(26)28-20(2,3)4)15-22-18(21-5)23-16-9-11-25(12-10-16)13-14-27-6;/h16-17H,7-15H2,1-6H3,(H,24,26)(H2,21,22,23);1H. The lowest BCUT2D eigenvalue weighted by Gasteiger charge is -2.33. The monoisotopic (exact) mass is 527 g/mol. The summed E-state index contributed by atoms with van der Waals surface area (Å²) in [5.74, 6) is 0.780. The molecule has 1 fully saturated rings. The van der Waals surface area contributed by atoms with E-state index in [1.165, 1.54) is 0 Å². The van der Waals surface area contributed by atoms with Crippen LogP contribution in [0.2, 0.25) is 0 Å². The van der Waals surface area contributed by atoms with Gasteiger partial charge in [-0.15, -0.1) is 24.0 Å². The van der Waals surface area contributed by atoms with Crippen molar-refractivity contribution < 1.29 is 14.3 Å². The molecule has 0 aromatic carbocycles. The summed E-state index contributed by atoms with van der Waals surface area (Å²) in [5, 5.41) is 9.82. The van der Waals surface area contributed by atoms with Crippen molar-refractivity contribution in [1.82, 2.24) is 20.9 Å². The Labute approximate surface area is 194 Å². The molecule has 1 aliphatic heterocycles. The molecule has 0 saturated carbocycles. The first-order chi connectivity index (χ1) is 13.3. The Morgan fingerprint density at radius 2 is 1.93 bits per heavy atom. The van der Waals surface area contributed by atoms with Crippen molar-refractivity contribution in [3.63, 3.8) is 0 Å². The number of aliphatic imine (C=N–C) groups is 1. The molecule has 1 atom stereocenters. The van der Waals surface area contributed by atoms with Crippen LogP contribution in [0.1, 0.15) is 53.4 Å². The van der Waals surface area contributed by atoms with Crippen LogP contribution in [0.15, 0.2) is 4.99 Å². The number of likely N-dealkylation sites (tertiary alicyclic amines) is 1. The first kappa shape index (κ1) is 28.2. The molecule has 1 unspecified atom stereocenters. The predicted molar refractivity (Wildman–Crippen MR) is 129 cm³/mol. The van der Waals surface area contributed by atoms with Gasteiger partial charge < -0.3 is 30.3 Å². The Morgan fingerprint density at radius 1 is 1.28 bits per heavy atom. The van der Waals surface area contributed by atoms with E-state index in [0.29, 0.717) is 12.6 Å². The maximum Gasteiger partial charge on any atom is 0.407 e. The smallest absolute Gasteiger partial charge is 0.407 e. The molecule has 1 saturated heterocycles. The lowest BCUT2D eigenvalue weighted by Crippen LogP contribution is -2.52. The van der Waals surface area contributed by atoms with E-state index >= 15 is 0 Å². The van der Waals surface area contributed by atoms with E-state index in [1.54, 1.807) is 14.2 Å². The number of rotatable bonds is 9. The largest absolute Gasteiger partial charge is 0.444 e. The average Bonchev–Trinajstić information content (AvgIpc) is 2.62. The third-order valence-electron chi connectivity index (χ3n) is 4.64. The SMILES string of the molecule is CCCC(CNC(=NC)NC1CCN(CCOC)CC1)NC(=O)OC(C)(C)C.I. The molecule has 8 nitrogen and oxygen atoms in total. The molecule has 0 radical (unpaired) electrons. The molecular weight excluding hydrogens is 485 g/mol. The first-order valence-electron chi connectivity index (χ1n) is 10.4. The third-order valence-corrected chi connectivity index (χ3v) is 4.64. The van der Waals surface area contributed by atoms with Crippen LogP contribution in [-0.4, -0.2) is 81.6 Å². The van der Waals surface area contributed by atoms with Gasteiger partial charge in [-0.2, -0.15) is 0 Å². The Morgan fingerprint density at radius 3 is 2.45 bits per heavy atom. The molecule has 0 aromatic heterocycles. The fourth-order valence-electron chi connectivity index (χ4n) is 3.18. The molecule has 9 heteroatoms. The Balaban J connectivity index is 0.00000784. The zero-order valence-electron chi connectivity index (χ0n) is 19.0. The summed E-state index contributed by atoms with van der Waals surface area (Å²) in [6.07, 6.45) is 3.65. The number of carbonyl (C=O) groups excluding carboxylic acids is 1. The predicted octanol–water partition coefficient (Wildman–Crippen LogP) is 2.57. The highest BCUT2D eigenvalue weighted by Crippen LogP contribution is 2.10.